The van der Waals surface area contributed by atoms with Gasteiger partial charge >= 0.3 is 0 Å². The van der Waals surface area contributed by atoms with Crippen molar-refractivity contribution in [2.75, 3.05) is 0 Å². The fourth-order valence-electron chi connectivity index (χ4n) is 1.21. The molecule has 0 aliphatic carbocycles. The lowest BCUT2D eigenvalue weighted by atomic mass is 10.2. The summed E-state index contributed by atoms with van der Waals surface area (Å²) in [5.74, 6) is 5.30. The van der Waals surface area contributed by atoms with E-state index < -0.39 is 4.92 Å². The van der Waals surface area contributed by atoms with Gasteiger partial charge in [-0.25, -0.2) is 0 Å². The van der Waals surface area contributed by atoms with Gasteiger partial charge in [0.25, 0.3) is 5.69 Å². The van der Waals surface area contributed by atoms with Crippen LogP contribution < -0.4 is 5.73 Å². The number of carbonyl (C=O) groups excluding carboxylic acids is 1. The van der Waals surface area contributed by atoms with Gasteiger partial charge in [-0.2, -0.15) is 0 Å². The fraction of sp³-hybridized carbons (Fsp3) is 0.250. The van der Waals surface area contributed by atoms with E-state index in [1.165, 1.54) is 12.1 Å². The van der Waals surface area contributed by atoms with Gasteiger partial charge in [0.15, 0.2) is 0 Å². The zero-order valence-electron chi connectivity index (χ0n) is 9.18. The fourth-order valence-corrected chi connectivity index (χ4v) is 1.21. The van der Waals surface area contributed by atoms with E-state index in [1.807, 2.05) is 0 Å². The number of nitro benzene ring substituents is 1. The number of nitrogens with zero attached hydrogens (tertiary/aromatic N) is 1. The molecule has 1 rings (SSSR count). The van der Waals surface area contributed by atoms with Crippen LogP contribution in [-0.4, -0.2) is 10.8 Å². The molecule has 5 heteroatoms. The van der Waals surface area contributed by atoms with Crippen molar-refractivity contribution >= 4 is 11.6 Å². The zero-order valence-corrected chi connectivity index (χ0v) is 9.18. The van der Waals surface area contributed by atoms with E-state index >= 15 is 0 Å². The van der Waals surface area contributed by atoms with Gasteiger partial charge in [-0.1, -0.05) is 17.9 Å². The average molecular weight is 232 g/mol. The average Bonchev–Trinajstić information content (AvgIpc) is 2.28. The molecule has 0 atom stereocenters. The van der Waals surface area contributed by atoms with Crippen molar-refractivity contribution in [3.05, 3.63) is 39.9 Å². The van der Waals surface area contributed by atoms with Crippen molar-refractivity contribution in [1.82, 2.24) is 0 Å². The first-order valence-electron chi connectivity index (χ1n) is 5.11. The number of primary amides is 1. The van der Waals surface area contributed by atoms with Crippen LogP contribution in [0.3, 0.4) is 0 Å². The summed E-state index contributed by atoms with van der Waals surface area (Å²) >= 11 is 0. The summed E-state index contributed by atoms with van der Waals surface area (Å²) in [5, 5.41) is 10.5. The molecular weight excluding hydrogens is 220 g/mol. The van der Waals surface area contributed by atoms with E-state index in [0.29, 0.717) is 24.8 Å². The van der Waals surface area contributed by atoms with Crippen LogP contribution in [0.15, 0.2) is 24.3 Å². The van der Waals surface area contributed by atoms with Crippen LogP contribution in [0.2, 0.25) is 0 Å². The SMILES string of the molecule is NC(=O)CCCC#Cc1cccc([N+](=O)[O-])c1. The summed E-state index contributed by atoms with van der Waals surface area (Å²) in [6.07, 6.45) is 1.46. The monoisotopic (exact) mass is 232 g/mol. The van der Waals surface area contributed by atoms with Gasteiger partial charge in [0, 0.05) is 30.5 Å². The Morgan fingerprint density at radius 1 is 1.47 bits per heavy atom. The summed E-state index contributed by atoms with van der Waals surface area (Å²) in [7, 11) is 0. The number of nitrogens with two attached hydrogens (primary N) is 1. The molecule has 1 aromatic rings. The third kappa shape index (κ3) is 4.80. The molecule has 0 aromatic heterocycles. The highest BCUT2D eigenvalue weighted by atomic mass is 16.6. The van der Waals surface area contributed by atoms with Gasteiger partial charge in [0.1, 0.15) is 0 Å². The number of benzene rings is 1. The number of hydrogen-bond donors (Lipinski definition) is 1. The molecule has 5 nitrogen and oxygen atoms in total. The molecule has 0 aliphatic rings. The predicted octanol–water partition coefficient (Wildman–Crippen LogP) is 1.60. The van der Waals surface area contributed by atoms with Crippen LogP contribution in [0.1, 0.15) is 24.8 Å². The van der Waals surface area contributed by atoms with E-state index in [0.717, 1.165) is 0 Å². The summed E-state index contributed by atoms with van der Waals surface area (Å²) < 4.78 is 0. The van der Waals surface area contributed by atoms with E-state index in [2.05, 4.69) is 11.8 Å². The Bertz CT molecular complexity index is 486. The highest BCUT2D eigenvalue weighted by Gasteiger charge is 2.03. The topological polar surface area (TPSA) is 86.2 Å². The van der Waals surface area contributed by atoms with Crippen LogP contribution >= 0.6 is 0 Å². The quantitative estimate of drug-likeness (QED) is 0.370. The number of rotatable bonds is 4. The van der Waals surface area contributed by atoms with Gasteiger partial charge in [-0.05, 0) is 12.5 Å². The van der Waals surface area contributed by atoms with Crippen molar-refractivity contribution in [2.45, 2.75) is 19.3 Å². The van der Waals surface area contributed by atoms with Crippen molar-refractivity contribution in [3.63, 3.8) is 0 Å². The molecule has 0 radical (unpaired) electrons. The van der Waals surface area contributed by atoms with Crippen LogP contribution in [0.4, 0.5) is 5.69 Å². The number of amides is 1. The standard InChI is InChI=1S/C12H12N2O3/c13-12(15)8-3-1-2-5-10-6-4-7-11(9-10)14(16)17/h4,6-7,9H,1,3,8H2,(H2,13,15). The first-order chi connectivity index (χ1) is 8.09. The summed E-state index contributed by atoms with van der Waals surface area (Å²) in [6, 6.07) is 6.12. The Labute approximate surface area is 98.8 Å². The largest absolute Gasteiger partial charge is 0.370 e. The molecule has 0 aliphatic heterocycles. The Hall–Kier alpha value is -2.35. The second-order valence-electron chi connectivity index (χ2n) is 3.43. The third-order valence-corrected chi connectivity index (χ3v) is 2.01. The molecule has 1 aromatic carbocycles. The maximum Gasteiger partial charge on any atom is 0.270 e. The minimum Gasteiger partial charge on any atom is -0.370 e. The number of hydrogen-bond acceptors (Lipinski definition) is 3. The second-order valence-corrected chi connectivity index (χ2v) is 3.43. The Morgan fingerprint density at radius 3 is 2.88 bits per heavy atom. The normalized spacial score (nSPS) is 9.18. The van der Waals surface area contributed by atoms with Crippen molar-refractivity contribution in [1.29, 1.82) is 0 Å². The minimum atomic E-state index is -0.460. The van der Waals surface area contributed by atoms with E-state index in [9.17, 15) is 14.9 Å². The second kappa shape index (κ2) is 6.28. The minimum absolute atomic E-state index is 0.0222. The molecule has 0 heterocycles. The van der Waals surface area contributed by atoms with Crippen LogP contribution in [-0.2, 0) is 4.79 Å². The van der Waals surface area contributed by atoms with Gasteiger partial charge in [0.2, 0.25) is 5.91 Å². The van der Waals surface area contributed by atoms with Gasteiger partial charge < -0.3 is 5.73 Å². The van der Waals surface area contributed by atoms with Gasteiger partial charge in [-0.15, -0.1) is 0 Å². The first-order valence-corrected chi connectivity index (χ1v) is 5.11. The number of non-ortho nitro benzene ring substituents is 1. The summed E-state index contributed by atoms with van der Waals surface area (Å²) in [5.41, 5.74) is 5.59. The van der Waals surface area contributed by atoms with Crippen LogP contribution in [0, 0.1) is 22.0 Å². The van der Waals surface area contributed by atoms with Crippen LogP contribution in [0.25, 0.3) is 0 Å². The molecule has 0 fully saturated rings. The molecule has 0 unspecified atom stereocenters. The maximum atomic E-state index is 10.5. The Morgan fingerprint density at radius 2 is 2.24 bits per heavy atom. The lowest BCUT2D eigenvalue weighted by Crippen LogP contribution is -2.09. The summed E-state index contributed by atoms with van der Waals surface area (Å²) in [4.78, 5) is 20.5. The number of unbranched alkanes of at least 4 members (excludes halogenated alkanes) is 1. The van der Waals surface area contributed by atoms with E-state index in [4.69, 9.17) is 5.73 Å². The molecule has 1 amide bonds. The highest BCUT2D eigenvalue weighted by Crippen LogP contribution is 2.11. The molecule has 0 bridgehead atoms. The highest BCUT2D eigenvalue weighted by molar-refractivity contribution is 5.73. The maximum absolute atomic E-state index is 10.5. The van der Waals surface area contributed by atoms with E-state index in [1.54, 1.807) is 12.1 Å². The first kappa shape index (κ1) is 12.7. The Kier molecular flexibility index (Phi) is 4.70. The molecule has 0 saturated carbocycles. The number of nitro groups is 1. The van der Waals surface area contributed by atoms with Gasteiger partial charge in [-0.3, -0.25) is 14.9 Å². The third-order valence-electron chi connectivity index (χ3n) is 2.01. The molecular formula is C12H12N2O3. The molecule has 17 heavy (non-hydrogen) atoms. The van der Waals surface area contributed by atoms with Crippen LogP contribution in [0.5, 0.6) is 0 Å². The molecule has 0 spiro atoms. The molecule has 2 N–H and O–H groups in total. The smallest absolute Gasteiger partial charge is 0.270 e. The lowest BCUT2D eigenvalue weighted by molar-refractivity contribution is -0.384. The Balaban J connectivity index is 2.56. The van der Waals surface area contributed by atoms with Crippen molar-refractivity contribution in [2.24, 2.45) is 5.73 Å². The summed E-state index contributed by atoms with van der Waals surface area (Å²) in [6.45, 7) is 0. The number of carbonyl (C=O) groups is 1. The predicted molar refractivity (Wildman–Crippen MR) is 63.0 cm³/mol. The van der Waals surface area contributed by atoms with E-state index in [-0.39, 0.29) is 11.6 Å². The van der Waals surface area contributed by atoms with Gasteiger partial charge in [0.05, 0.1) is 4.92 Å². The lowest BCUT2D eigenvalue weighted by Gasteiger charge is -1.92. The zero-order chi connectivity index (χ0) is 12.7. The molecule has 0 saturated heterocycles. The molecule has 88 valence electrons. The van der Waals surface area contributed by atoms with Crippen molar-refractivity contribution < 1.29 is 9.72 Å². The van der Waals surface area contributed by atoms with Crippen molar-refractivity contribution in [3.8, 4) is 11.8 Å².